The van der Waals surface area contributed by atoms with E-state index in [2.05, 4.69) is 23.3 Å². The summed E-state index contributed by atoms with van der Waals surface area (Å²) in [7, 11) is 0. The number of thiazole rings is 1. The van der Waals surface area contributed by atoms with Crippen LogP contribution in [0.5, 0.6) is 0 Å². The number of rotatable bonds is 5. The van der Waals surface area contributed by atoms with E-state index in [0.29, 0.717) is 13.0 Å². The summed E-state index contributed by atoms with van der Waals surface area (Å²) in [5.41, 5.74) is 2.30. The molecule has 1 N–H and O–H groups in total. The molecule has 2 aromatic rings. The molecule has 1 aliphatic heterocycles. The monoisotopic (exact) mass is 301 g/mol. The molecule has 5 heteroatoms. The summed E-state index contributed by atoms with van der Waals surface area (Å²) >= 11 is 1.63. The number of anilines is 2. The average molecular weight is 301 g/mol. The van der Waals surface area contributed by atoms with Crippen molar-refractivity contribution in [1.82, 2.24) is 4.98 Å². The second-order valence-electron chi connectivity index (χ2n) is 5.17. The van der Waals surface area contributed by atoms with Crippen LogP contribution in [-0.4, -0.2) is 17.4 Å². The van der Waals surface area contributed by atoms with E-state index in [1.807, 2.05) is 29.3 Å². The Bertz CT molecular complexity index is 638. The number of benzene rings is 1. The molecular formula is C16H19N3OS. The van der Waals surface area contributed by atoms with Gasteiger partial charge < -0.3 is 10.2 Å². The molecule has 1 aliphatic rings. The zero-order chi connectivity index (χ0) is 14.7. The summed E-state index contributed by atoms with van der Waals surface area (Å²) in [5.74, 6) is 0.199. The fourth-order valence-electron chi connectivity index (χ4n) is 2.52. The van der Waals surface area contributed by atoms with Crippen molar-refractivity contribution in [3.63, 3.8) is 0 Å². The van der Waals surface area contributed by atoms with Gasteiger partial charge in [0.25, 0.3) is 0 Å². The Morgan fingerprint density at radius 3 is 3.05 bits per heavy atom. The molecule has 0 radical (unpaired) electrons. The van der Waals surface area contributed by atoms with Gasteiger partial charge in [0.2, 0.25) is 5.91 Å². The number of hydrogen-bond donors (Lipinski definition) is 1. The fourth-order valence-corrected chi connectivity index (χ4v) is 3.35. The molecule has 3 rings (SSSR count). The van der Waals surface area contributed by atoms with E-state index in [1.54, 1.807) is 11.3 Å². The van der Waals surface area contributed by atoms with Gasteiger partial charge in [-0.1, -0.05) is 25.1 Å². The first-order valence-corrected chi connectivity index (χ1v) is 8.16. The number of fused-ring (bicyclic) bond motifs is 1. The first-order valence-electron chi connectivity index (χ1n) is 7.34. The van der Waals surface area contributed by atoms with Gasteiger partial charge >= 0.3 is 0 Å². The van der Waals surface area contributed by atoms with E-state index in [0.717, 1.165) is 35.1 Å². The van der Waals surface area contributed by atoms with Crippen LogP contribution in [0, 0.1) is 0 Å². The van der Waals surface area contributed by atoms with Gasteiger partial charge in [-0.05, 0) is 24.5 Å². The van der Waals surface area contributed by atoms with Crippen molar-refractivity contribution < 1.29 is 4.79 Å². The van der Waals surface area contributed by atoms with Gasteiger partial charge in [-0.2, -0.15) is 0 Å². The smallest absolute Gasteiger partial charge is 0.227 e. The SMILES string of the molecule is CCCNc1ncc(CN2C(=O)CCc3ccccc32)s1. The topological polar surface area (TPSA) is 45.2 Å². The quantitative estimate of drug-likeness (QED) is 0.920. The molecular weight excluding hydrogens is 282 g/mol. The summed E-state index contributed by atoms with van der Waals surface area (Å²) in [6, 6.07) is 8.16. The Morgan fingerprint density at radius 1 is 1.33 bits per heavy atom. The highest BCUT2D eigenvalue weighted by atomic mass is 32.1. The maximum Gasteiger partial charge on any atom is 0.227 e. The molecule has 0 spiro atoms. The molecule has 0 fully saturated rings. The normalized spacial score (nSPS) is 14.1. The fraction of sp³-hybridized carbons (Fsp3) is 0.375. The van der Waals surface area contributed by atoms with Gasteiger partial charge in [-0.25, -0.2) is 4.98 Å². The van der Waals surface area contributed by atoms with Gasteiger partial charge in [0.1, 0.15) is 0 Å². The first-order chi connectivity index (χ1) is 10.3. The Hall–Kier alpha value is -1.88. The third-order valence-corrected chi connectivity index (χ3v) is 4.53. The van der Waals surface area contributed by atoms with E-state index < -0.39 is 0 Å². The van der Waals surface area contributed by atoms with Crippen LogP contribution in [0.1, 0.15) is 30.2 Å². The Kier molecular flexibility index (Phi) is 4.20. The largest absolute Gasteiger partial charge is 0.362 e. The van der Waals surface area contributed by atoms with Gasteiger partial charge in [0.05, 0.1) is 6.54 Å². The van der Waals surface area contributed by atoms with Crippen molar-refractivity contribution in [1.29, 1.82) is 0 Å². The van der Waals surface area contributed by atoms with Crippen molar-refractivity contribution >= 4 is 28.1 Å². The summed E-state index contributed by atoms with van der Waals surface area (Å²) in [4.78, 5) is 19.6. The van der Waals surface area contributed by atoms with Crippen molar-refractivity contribution in [2.24, 2.45) is 0 Å². The van der Waals surface area contributed by atoms with Crippen LogP contribution in [0.4, 0.5) is 10.8 Å². The first kappa shape index (κ1) is 14.1. The molecule has 110 valence electrons. The van der Waals surface area contributed by atoms with Gasteiger partial charge in [0.15, 0.2) is 5.13 Å². The van der Waals surface area contributed by atoms with Gasteiger partial charge in [-0.3, -0.25) is 4.79 Å². The van der Waals surface area contributed by atoms with Crippen molar-refractivity contribution in [3.05, 3.63) is 40.9 Å². The highest BCUT2D eigenvalue weighted by molar-refractivity contribution is 7.15. The van der Waals surface area contributed by atoms with Gasteiger partial charge in [0, 0.05) is 29.7 Å². The molecule has 0 saturated carbocycles. The minimum absolute atomic E-state index is 0.199. The number of nitrogens with one attached hydrogen (secondary N) is 1. The second-order valence-corrected chi connectivity index (χ2v) is 6.28. The lowest BCUT2D eigenvalue weighted by molar-refractivity contribution is -0.119. The lowest BCUT2D eigenvalue weighted by Crippen LogP contribution is -2.34. The highest BCUT2D eigenvalue weighted by Gasteiger charge is 2.24. The molecule has 0 bridgehead atoms. The molecule has 1 amide bonds. The molecule has 0 unspecified atom stereocenters. The molecule has 4 nitrogen and oxygen atoms in total. The zero-order valence-corrected chi connectivity index (χ0v) is 12.9. The molecule has 21 heavy (non-hydrogen) atoms. The van der Waals surface area contributed by atoms with Crippen molar-refractivity contribution in [2.45, 2.75) is 32.7 Å². The van der Waals surface area contributed by atoms with E-state index in [4.69, 9.17) is 0 Å². The number of carbonyl (C=O) groups excluding carboxylic acids is 1. The zero-order valence-electron chi connectivity index (χ0n) is 12.1. The minimum Gasteiger partial charge on any atom is -0.362 e. The standard InChI is InChI=1S/C16H19N3OS/c1-2-9-17-16-18-10-13(21-16)11-19-14-6-4-3-5-12(14)7-8-15(19)20/h3-6,10H,2,7-9,11H2,1H3,(H,17,18). The van der Waals surface area contributed by atoms with Crippen LogP contribution >= 0.6 is 11.3 Å². The van der Waals surface area contributed by atoms with E-state index in [9.17, 15) is 4.79 Å². The minimum atomic E-state index is 0.199. The van der Waals surface area contributed by atoms with Crippen molar-refractivity contribution in [3.8, 4) is 0 Å². The summed E-state index contributed by atoms with van der Waals surface area (Å²) in [5, 5.41) is 4.22. The van der Waals surface area contributed by atoms with Crippen molar-refractivity contribution in [2.75, 3.05) is 16.8 Å². The number of aryl methyl sites for hydroxylation is 1. The van der Waals surface area contributed by atoms with Crippen LogP contribution in [0.3, 0.4) is 0 Å². The number of nitrogens with zero attached hydrogens (tertiary/aromatic N) is 2. The van der Waals surface area contributed by atoms with E-state index in [-0.39, 0.29) is 5.91 Å². The van der Waals surface area contributed by atoms with Gasteiger partial charge in [-0.15, -0.1) is 11.3 Å². The van der Waals surface area contributed by atoms with Crippen LogP contribution in [0.15, 0.2) is 30.5 Å². The third-order valence-electron chi connectivity index (χ3n) is 3.59. The maximum atomic E-state index is 12.2. The molecule has 2 heterocycles. The molecule has 0 saturated heterocycles. The number of amides is 1. The summed E-state index contributed by atoms with van der Waals surface area (Å²) < 4.78 is 0. The van der Waals surface area contributed by atoms with Crippen LogP contribution in [0.25, 0.3) is 0 Å². The Morgan fingerprint density at radius 2 is 2.19 bits per heavy atom. The Balaban J connectivity index is 1.78. The van der Waals surface area contributed by atoms with Crippen LogP contribution in [-0.2, 0) is 17.8 Å². The van der Waals surface area contributed by atoms with Crippen LogP contribution in [0.2, 0.25) is 0 Å². The number of hydrogen-bond acceptors (Lipinski definition) is 4. The Labute approximate surface area is 128 Å². The number of aromatic nitrogens is 1. The predicted molar refractivity (Wildman–Crippen MR) is 86.8 cm³/mol. The predicted octanol–water partition coefficient (Wildman–Crippen LogP) is 3.44. The molecule has 1 aromatic carbocycles. The lowest BCUT2D eigenvalue weighted by Gasteiger charge is -2.28. The lowest BCUT2D eigenvalue weighted by atomic mass is 10.0. The summed E-state index contributed by atoms with van der Waals surface area (Å²) in [6.07, 6.45) is 4.38. The number of para-hydroxylation sites is 1. The second kappa shape index (κ2) is 6.26. The third kappa shape index (κ3) is 3.08. The summed E-state index contributed by atoms with van der Waals surface area (Å²) in [6.45, 7) is 3.67. The van der Waals surface area contributed by atoms with Crippen LogP contribution < -0.4 is 10.2 Å². The average Bonchev–Trinajstić information content (AvgIpc) is 2.96. The molecule has 1 aromatic heterocycles. The van der Waals surface area contributed by atoms with E-state index in [1.165, 1.54) is 5.56 Å². The number of carbonyl (C=O) groups is 1. The molecule has 0 atom stereocenters. The molecule has 0 aliphatic carbocycles. The van der Waals surface area contributed by atoms with E-state index >= 15 is 0 Å². The maximum absolute atomic E-state index is 12.2. The highest BCUT2D eigenvalue weighted by Crippen LogP contribution is 2.30.